The summed E-state index contributed by atoms with van der Waals surface area (Å²) in [4.78, 5) is 17.9. The van der Waals surface area contributed by atoms with Gasteiger partial charge in [-0.05, 0) is 48.6 Å². The van der Waals surface area contributed by atoms with Gasteiger partial charge in [0.2, 0.25) is 0 Å². The maximum atomic E-state index is 13.4. The molecule has 0 spiro atoms. The summed E-state index contributed by atoms with van der Waals surface area (Å²) in [6.45, 7) is 0. The van der Waals surface area contributed by atoms with Gasteiger partial charge in [-0.3, -0.25) is 9.36 Å². The Morgan fingerprint density at radius 1 is 0.829 bits per heavy atom. The average Bonchev–Trinajstić information content (AvgIpc) is 2.86. The normalized spacial score (nSPS) is 11.7. The van der Waals surface area contributed by atoms with Crippen LogP contribution >= 0.6 is 0 Å². The van der Waals surface area contributed by atoms with Crippen molar-refractivity contribution < 1.29 is 27.4 Å². The fourth-order valence-corrected chi connectivity index (χ4v) is 3.68. The number of hydrogen-bond donors (Lipinski definition) is 0. The van der Waals surface area contributed by atoms with E-state index < -0.39 is 17.3 Å². The van der Waals surface area contributed by atoms with E-state index in [2.05, 4.69) is 4.98 Å². The zero-order valence-electron chi connectivity index (χ0n) is 19.1. The molecular formula is C26H21F3N2O4. The van der Waals surface area contributed by atoms with E-state index in [1.54, 1.807) is 42.5 Å². The van der Waals surface area contributed by atoms with E-state index in [-0.39, 0.29) is 16.9 Å². The maximum absolute atomic E-state index is 13.4. The second kappa shape index (κ2) is 9.54. The summed E-state index contributed by atoms with van der Waals surface area (Å²) in [5.74, 6) is 1.53. The number of ether oxygens (including phenoxy) is 3. The van der Waals surface area contributed by atoms with Gasteiger partial charge < -0.3 is 14.2 Å². The summed E-state index contributed by atoms with van der Waals surface area (Å²) in [5.41, 5.74) is -0.315. The molecule has 0 aliphatic carbocycles. The number of rotatable bonds is 6. The molecule has 35 heavy (non-hydrogen) atoms. The molecule has 0 fully saturated rings. The van der Waals surface area contributed by atoms with Gasteiger partial charge >= 0.3 is 6.18 Å². The number of alkyl halides is 3. The van der Waals surface area contributed by atoms with Crippen molar-refractivity contribution in [2.45, 2.75) is 6.18 Å². The van der Waals surface area contributed by atoms with E-state index in [1.165, 1.54) is 39.5 Å². The quantitative estimate of drug-likeness (QED) is 0.358. The third-order valence-corrected chi connectivity index (χ3v) is 5.38. The number of aromatic nitrogens is 2. The van der Waals surface area contributed by atoms with Gasteiger partial charge in [-0.15, -0.1) is 0 Å². The Hall–Kier alpha value is -4.27. The monoisotopic (exact) mass is 482 g/mol. The van der Waals surface area contributed by atoms with E-state index in [1.807, 2.05) is 0 Å². The summed E-state index contributed by atoms with van der Waals surface area (Å²) in [7, 11) is 4.49. The number of benzene rings is 3. The molecule has 0 aliphatic rings. The molecule has 9 heteroatoms. The van der Waals surface area contributed by atoms with Gasteiger partial charge in [0.25, 0.3) is 5.56 Å². The number of halogens is 3. The Morgan fingerprint density at radius 2 is 1.51 bits per heavy atom. The Balaban J connectivity index is 1.94. The van der Waals surface area contributed by atoms with Gasteiger partial charge in [-0.2, -0.15) is 13.2 Å². The van der Waals surface area contributed by atoms with Gasteiger partial charge in [0.15, 0.2) is 11.5 Å². The summed E-state index contributed by atoms with van der Waals surface area (Å²) < 4.78 is 57.4. The van der Waals surface area contributed by atoms with E-state index >= 15 is 0 Å². The minimum atomic E-state index is -4.56. The summed E-state index contributed by atoms with van der Waals surface area (Å²) >= 11 is 0. The van der Waals surface area contributed by atoms with E-state index in [4.69, 9.17) is 14.2 Å². The highest BCUT2D eigenvalue weighted by Gasteiger charge is 2.30. The largest absolute Gasteiger partial charge is 0.496 e. The van der Waals surface area contributed by atoms with Crippen LogP contribution in [-0.2, 0) is 6.18 Å². The van der Waals surface area contributed by atoms with Crippen molar-refractivity contribution in [2.24, 2.45) is 0 Å². The molecule has 0 radical (unpaired) electrons. The molecule has 0 N–H and O–H groups in total. The first kappa shape index (κ1) is 23.9. The molecule has 4 rings (SSSR count). The maximum Gasteiger partial charge on any atom is 0.416 e. The van der Waals surface area contributed by atoms with Crippen LogP contribution in [0.25, 0.3) is 28.7 Å². The molecular weight excluding hydrogens is 461 g/mol. The van der Waals surface area contributed by atoms with Crippen molar-refractivity contribution in [2.75, 3.05) is 21.3 Å². The molecule has 0 saturated carbocycles. The molecule has 6 nitrogen and oxygen atoms in total. The van der Waals surface area contributed by atoms with Gasteiger partial charge in [-0.1, -0.05) is 18.2 Å². The minimum Gasteiger partial charge on any atom is -0.496 e. The van der Waals surface area contributed by atoms with Crippen LogP contribution < -0.4 is 19.8 Å². The highest BCUT2D eigenvalue weighted by Crippen LogP contribution is 2.35. The lowest BCUT2D eigenvalue weighted by Gasteiger charge is -2.14. The van der Waals surface area contributed by atoms with Gasteiger partial charge in [0, 0.05) is 11.6 Å². The highest BCUT2D eigenvalue weighted by molar-refractivity contribution is 5.80. The van der Waals surface area contributed by atoms with Crippen LogP contribution in [0.1, 0.15) is 17.0 Å². The van der Waals surface area contributed by atoms with E-state index in [0.717, 1.165) is 16.7 Å². The SMILES string of the molecule is COc1cc(OC)c(OC)cc1/C=C\c1nc2ccccc2c(=O)n1-c1cccc(C(F)(F)F)c1. The molecule has 0 saturated heterocycles. The van der Waals surface area contributed by atoms with E-state index in [9.17, 15) is 18.0 Å². The molecule has 1 heterocycles. The Bertz CT molecular complexity index is 1480. The first-order valence-electron chi connectivity index (χ1n) is 10.4. The fourth-order valence-electron chi connectivity index (χ4n) is 3.68. The third kappa shape index (κ3) is 4.70. The van der Waals surface area contributed by atoms with Gasteiger partial charge in [0.1, 0.15) is 11.6 Å². The molecule has 0 amide bonds. The molecule has 0 aliphatic heterocycles. The molecule has 0 atom stereocenters. The zero-order chi connectivity index (χ0) is 25.2. The predicted molar refractivity (Wildman–Crippen MR) is 127 cm³/mol. The second-order valence-electron chi connectivity index (χ2n) is 7.46. The third-order valence-electron chi connectivity index (χ3n) is 5.38. The number of para-hydroxylation sites is 1. The molecule has 1 aromatic heterocycles. The van der Waals surface area contributed by atoms with Crippen molar-refractivity contribution in [1.29, 1.82) is 0 Å². The lowest BCUT2D eigenvalue weighted by atomic mass is 10.1. The Kier molecular flexibility index (Phi) is 6.50. The summed E-state index contributed by atoms with van der Waals surface area (Å²) in [5, 5.41) is 0.283. The first-order valence-corrected chi connectivity index (χ1v) is 10.4. The Labute approximate surface area is 198 Å². The lowest BCUT2D eigenvalue weighted by Crippen LogP contribution is -2.22. The van der Waals surface area contributed by atoms with Crippen LogP contribution in [0.5, 0.6) is 17.2 Å². The predicted octanol–water partition coefficient (Wildman–Crippen LogP) is 5.60. The van der Waals surface area contributed by atoms with Gasteiger partial charge in [0.05, 0.1) is 43.5 Å². The topological polar surface area (TPSA) is 62.6 Å². The molecule has 4 aromatic rings. The van der Waals surface area contributed by atoms with Crippen molar-refractivity contribution in [1.82, 2.24) is 9.55 Å². The first-order chi connectivity index (χ1) is 16.8. The fraction of sp³-hybridized carbons (Fsp3) is 0.154. The van der Waals surface area contributed by atoms with Crippen LogP contribution in [0.2, 0.25) is 0 Å². The van der Waals surface area contributed by atoms with Crippen molar-refractivity contribution in [3.8, 4) is 22.9 Å². The van der Waals surface area contributed by atoms with Crippen LogP contribution in [0.4, 0.5) is 13.2 Å². The van der Waals surface area contributed by atoms with Gasteiger partial charge in [-0.25, -0.2) is 4.98 Å². The number of fused-ring (bicyclic) bond motifs is 1. The summed E-state index contributed by atoms with van der Waals surface area (Å²) in [6.07, 6.45) is -1.38. The number of nitrogens with zero attached hydrogens (tertiary/aromatic N) is 2. The van der Waals surface area contributed by atoms with Crippen molar-refractivity contribution in [3.63, 3.8) is 0 Å². The Morgan fingerprint density at radius 3 is 2.20 bits per heavy atom. The molecule has 3 aromatic carbocycles. The van der Waals surface area contributed by atoms with E-state index in [0.29, 0.717) is 28.3 Å². The smallest absolute Gasteiger partial charge is 0.416 e. The average molecular weight is 482 g/mol. The number of hydrogen-bond acceptors (Lipinski definition) is 5. The highest BCUT2D eigenvalue weighted by atomic mass is 19.4. The number of methoxy groups -OCH3 is 3. The van der Waals surface area contributed by atoms with Crippen LogP contribution in [0.15, 0.2) is 65.5 Å². The van der Waals surface area contributed by atoms with Crippen molar-refractivity contribution >= 4 is 23.1 Å². The summed E-state index contributed by atoms with van der Waals surface area (Å²) in [6, 6.07) is 14.5. The second-order valence-corrected chi connectivity index (χ2v) is 7.46. The van der Waals surface area contributed by atoms with Crippen LogP contribution in [0.3, 0.4) is 0 Å². The molecule has 0 unspecified atom stereocenters. The van der Waals surface area contributed by atoms with Crippen LogP contribution in [0, 0.1) is 0 Å². The zero-order valence-corrected chi connectivity index (χ0v) is 19.1. The standard InChI is InChI=1S/C26H21F3N2O4/c1-33-21-15-23(35-3)22(34-2)13-16(21)11-12-24-30-20-10-5-4-9-19(20)25(32)31(24)18-8-6-7-17(14-18)26(27,28)29/h4-15H,1-3H3/b12-11-. The van der Waals surface area contributed by atoms with Crippen molar-refractivity contribution in [3.05, 3.63) is 88.0 Å². The molecule has 0 bridgehead atoms. The minimum absolute atomic E-state index is 0.0435. The van der Waals surface area contributed by atoms with Crippen LogP contribution in [-0.4, -0.2) is 30.9 Å². The molecule has 180 valence electrons. The lowest BCUT2D eigenvalue weighted by molar-refractivity contribution is -0.137.